The summed E-state index contributed by atoms with van der Waals surface area (Å²) in [5, 5.41) is 3.30. The number of ether oxygens (including phenoxy) is 2. The molecule has 0 aliphatic carbocycles. The zero-order valence-electron chi connectivity index (χ0n) is 17.4. The molecule has 0 saturated carbocycles. The highest BCUT2D eigenvalue weighted by atomic mass is 19.3. The summed E-state index contributed by atoms with van der Waals surface area (Å²) in [5.41, 5.74) is 0.635. The maximum Gasteiger partial charge on any atom is 0.387 e. The summed E-state index contributed by atoms with van der Waals surface area (Å²) in [5.74, 6) is 2.04. The SMILES string of the molecule is CN=C(NCc1ccc(OC)cc1OC(F)F)N1CCC(CN2CCCCC2)C1. The molecule has 2 saturated heterocycles. The van der Waals surface area contributed by atoms with E-state index in [0.29, 0.717) is 23.8 Å². The first-order chi connectivity index (χ1) is 14.1. The molecule has 1 unspecified atom stereocenters. The topological polar surface area (TPSA) is 49.3 Å². The lowest BCUT2D eigenvalue weighted by molar-refractivity contribution is -0.0505. The molecule has 2 aliphatic rings. The van der Waals surface area contributed by atoms with E-state index in [0.717, 1.165) is 32.0 Å². The summed E-state index contributed by atoms with van der Waals surface area (Å²) >= 11 is 0. The highest BCUT2D eigenvalue weighted by Crippen LogP contribution is 2.26. The Morgan fingerprint density at radius 3 is 2.72 bits per heavy atom. The van der Waals surface area contributed by atoms with E-state index in [1.807, 2.05) is 0 Å². The fourth-order valence-electron chi connectivity index (χ4n) is 4.20. The number of nitrogens with zero attached hydrogens (tertiary/aromatic N) is 3. The van der Waals surface area contributed by atoms with E-state index in [-0.39, 0.29) is 5.75 Å². The zero-order valence-corrected chi connectivity index (χ0v) is 17.4. The molecule has 2 aliphatic heterocycles. The number of guanidine groups is 1. The highest BCUT2D eigenvalue weighted by Gasteiger charge is 2.27. The van der Waals surface area contributed by atoms with Crippen LogP contribution in [0.2, 0.25) is 0 Å². The van der Waals surface area contributed by atoms with Gasteiger partial charge in [-0.05, 0) is 50.4 Å². The van der Waals surface area contributed by atoms with Crippen LogP contribution in [0.15, 0.2) is 23.2 Å². The molecule has 1 aromatic rings. The maximum atomic E-state index is 12.8. The molecule has 1 aromatic carbocycles. The number of methoxy groups -OCH3 is 1. The van der Waals surface area contributed by atoms with Crippen LogP contribution in [0.3, 0.4) is 0 Å². The first-order valence-corrected chi connectivity index (χ1v) is 10.4. The number of nitrogens with one attached hydrogen (secondary N) is 1. The summed E-state index contributed by atoms with van der Waals surface area (Å²) in [4.78, 5) is 9.23. The predicted molar refractivity (Wildman–Crippen MR) is 110 cm³/mol. The van der Waals surface area contributed by atoms with Crippen molar-refractivity contribution in [1.82, 2.24) is 15.1 Å². The van der Waals surface area contributed by atoms with Gasteiger partial charge >= 0.3 is 6.61 Å². The first kappa shape index (κ1) is 21.6. The fourth-order valence-corrected chi connectivity index (χ4v) is 4.20. The van der Waals surface area contributed by atoms with Gasteiger partial charge in [0, 0.05) is 44.9 Å². The molecular formula is C21H32F2N4O2. The second kappa shape index (κ2) is 10.6. The van der Waals surface area contributed by atoms with E-state index in [2.05, 4.69) is 24.8 Å². The van der Waals surface area contributed by atoms with Crippen LogP contribution in [0.25, 0.3) is 0 Å². The number of halogens is 2. The number of hydrogen-bond acceptors (Lipinski definition) is 4. The summed E-state index contributed by atoms with van der Waals surface area (Å²) < 4.78 is 35.3. The van der Waals surface area contributed by atoms with Gasteiger partial charge in [0.05, 0.1) is 7.11 Å². The molecule has 0 radical (unpaired) electrons. The van der Waals surface area contributed by atoms with Gasteiger partial charge in [-0.2, -0.15) is 8.78 Å². The molecule has 162 valence electrons. The molecule has 29 heavy (non-hydrogen) atoms. The largest absolute Gasteiger partial charge is 0.497 e. The van der Waals surface area contributed by atoms with Crippen molar-refractivity contribution in [3.8, 4) is 11.5 Å². The van der Waals surface area contributed by atoms with Crippen LogP contribution in [0.1, 0.15) is 31.2 Å². The summed E-state index contributed by atoms with van der Waals surface area (Å²) in [7, 11) is 3.25. The third-order valence-electron chi connectivity index (χ3n) is 5.69. The second-order valence-corrected chi connectivity index (χ2v) is 7.71. The normalized spacial score (nSPS) is 20.9. The van der Waals surface area contributed by atoms with Gasteiger partial charge < -0.3 is 24.6 Å². The Kier molecular flexibility index (Phi) is 7.91. The molecule has 2 heterocycles. The van der Waals surface area contributed by atoms with Crippen LogP contribution in [0.5, 0.6) is 11.5 Å². The van der Waals surface area contributed by atoms with E-state index in [4.69, 9.17) is 4.74 Å². The van der Waals surface area contributed by atoms with Crippen LogP contribution in [-0.4, -0.2) is 69.3 Å². The van der Waals surface area contributed by atoms with E-state index in [1.54, 1.807) is 19.2 Å². The summed E-state index contributed by atoms with van der Waals surface area (Å²) in [6, 6.07) is 4.96. The van der Waals surface area contributed by atoms with Crippen molar-refractivity contribution in [3.05, 3.63) is 23.8 Å². The number of alkyl halides is 2. The molecule has 2 fully saturated rings. The van der Waals surface area contributed by atoms with Crippen molar-refractivity contribution in [2.75, 3.05) is 46.9 Å². The minimum Gasteiger partial charge on any atom is -0.497 e. The monoisotopic (exact) mass is 410 g/mol. The second-order valence-electron chi connectivity index (χ2n) is 7.71. The Hall–Kier alpha value is -2.09. The van der Waals surface area contributed by atoms with Crippen molar-refractivity contribution in [2.45, 2.75) is 38.8 Å². The lowest BCUT2D eigenvalue weighted by Gasteiger charge is -2.29. The average Bonchev–Trinajstić information content (AvgIpc) is 3.18. The number of rotatable bonds is 7. The predicted octanol–water partition coefficient (Wildman–Crippen LogP) is 3.18. The lowest BCUT2D eigenvalue weighted by atomic mass is 10.1. The van der Waals surface area contributed by atoms with Crippen molar-refractivity contribution < 1.29 is 18.3 Å². The summed E-state index contributed by atoms with van der Waals surface area (Å²) in [6.45, 7) is 2.99. The van der Waals surface area contributed by atoms with Gasteiger partial charge in [0.15, 0.2) is 5.96 Å². The molecule has 0 aromatic heterocycles. The third-order valence-corrected chi connectivity index (χ3v) is 5.69. The molecule has 0 amide bonds. The lowest BCUT2D eigenvalue weighted by Crippen LogP contribution is -2.41. The van der Waals surface area contributed by atoms with Crippen molar-refractivity contribution in [3.63, 3.8) is 0 Å². The van der Waals surface area contributed by atoms with Crippen LogP contribution < -0.4 is 14.8 Å². The number of likely N-dealkylation sites (tertiary alicyclic amines) is 2. The van der Waals surface area contributed by atoms with Crippen LogP contribution >= 0.6 is 0 Å². The fraction of sp³-hybridized carbons (Fsp3) is 0.667. The smallest absolute Gasteiger partial charge is 0.387 e. The molecule has 3 rings (SSSR count). The molecule has 0 spiro atoms. The zero-order chi connectivity index (χ0) is 20.6. The first-order valence-electron chi connectivity index (χ1n) is 10.4. The van der Waals surface area contributed by atoms with Gasteiger partial charge in [0.2, 0.25) is 0 Å². The molecule has 1 atom stereocenters. The van der Waals surface area contributed by atoms with Crippen molar-refractivity contribution in [2.24, 2.45) is 10.9 Å². The van der Waals surface area contributed by atoms with Crippen LogP contribution in [0, 0.1) is 5.92 Å². The third kappa shape index (κ3) is 6.19. The van der Waals surface area contributed by atoms with E-state index in [9.17, 15) is 8.78 Å². The average molecular weight is 411 g/mol. The Morgan fingerprint density at radius 1 is 1.24 bits per heavy atom. The van der Waals surface area contributed by atoms with Gasteiger partial charge in [0.25, 0.3) is 0 Å². The molecule has 1 N–H and O–H groups in total. The molecule has 6 nitrogen and oxygen atoms in total. The summed E-state index contributed by atoms with van der Waals surface area (Å²) in [6.07, 6.45) is 5.13. The number of aliphatic imine (C=N–C) groups is 1. The van der Waals surface area contributed by atoms with E-state index in [1.165, 1.54) is 45.5 Å². The Balaban J connectivity index is 1.55. The Morgan fingerprint density at radius 2 is 2.03 bits per heavy atom. The van der Waals surface area contributed by atoms with E-state index < -0.39 is 6.61 Å². The number of hydrogen-bond donors (Lipinski definition) is 1. The number of piperidine rings is 1. The quantitative estimate of drug-likeness (QED) is 0.553. The number of benzene rings is 1. The Bertz CT molecular complexity index is 681. The molecule has 0 bridgehead atoms. The minimum atomic E-state index is -2.88. The van der Waals surface area contributed by atoms with Crippen LogP contribution in [0.4, 0.5) is 8.78 Å². The maximum absolute atomic E-state index is 12.8. The van der Waals surface area contributed by atoms with E-state index >= 15 is 0 Å². The van der Waals surface area contributed by atoms with Gasteiger partial charge in [-0.15, -0.1) is 0 Å². The Labute approximate surface area is 171 Å². The van der Waals surface area contributed by atoms with Gasteiger partial charge in [-0.3, -0.25) is 4.99 Å². The molecule has 8 heteroatoms. The van der Waals surface area contributed by atoms with Gasteiger partial charge in [-0.1, -0.05) is 6.42 Å². The standard InChI is InChI=1S/C21H32F2N4O2/c1-24-21(27-11-8-16(15-27)14-26-9-4-3-5-10-26)25-13-17-6-7-18(28-2)12-19(17)29-20(22)23/h6-7,12,16,20H,3-5,8-11,13-15H2,1-2H3,(H,24,25). The highest BCUT2D eigenvalue weighted by molar-refractivity contribution is 5.80. The van der Waals surface area contributed by atoms with Crippen molar-refractivity contribution >= 4 is 5.96 Å². The van der Waals surface area contributed by atoms with Gasteiger partial charge in [-0.25, -0.2) is 0 Å². The molecular weight excluding hydrogens is 378 g/mol. The minimum absolute atomic E-state index is 0.117. The van der Waals surface area contributed by atoms with Crippen LogP contribution in [-0.2, 0) is 6.54 Å². The van der Waals surface area contributed by atoms with Gasteiger partial charge in [0.1, 0.15) is 11.5 Å². The van der Waals surface area contributed by atoms with Crippen molar-refractivity contribution in [1.29, 1.82) is 0 Å².